The maximum absolute atomic E-state index is 13.4. The summed E-state index contributed by atoms with van der Waals surface area (Å²) in [5.41, 5.74) is -0.686. The maximum atomic E-state index is 13.4. The summed E-state index contributed by atoms with van der Waals surface area (Å²) in [5.74, 6) is -3.26. The maximum Gasteiger partial charge on any atom is 0.265 e. The fourth-order valence-electron chi connectivity index (χ4n) is 4.14. The van der Waals surface area contributed by atoms with Gasteiger partial charge in [-0.1, -0.05) is 41.5 Å². The van der Waals surface area contributed by atoms with Crippen LogP contribution in [0.15, 0.2) is 82.2 Å². The number of hydrogen-bond donors (Lipinski definition) is 0. The van der Waals surface area contributed by atoms with Crippen molar-refractivity contribution in [2.24, 2.45) is 11.3 Å². The summed E-state index contributed by atoms with van der Waals surface area (Å²) in [6.45, 7) is 4.79. The van der Waals surface area contributed by atoms with Crippen LogP contribution in [0.5, 0.6) is 0 Å². The Labute approximate surface area is 199 Å². The van der Waals surface area contributed by atoms with Crippen molar-refractivity contribution in [2.75, 3.05) is 11.5 Å². The van der Waals surface area contributed by atoms with Crippen molar-refractivity contribution in [3.8, 4) is 0 Å². The molecule has 0 radical (unpaired) electrons. The van der Waals surface area contributed by atoms with Crippen molar-refractivity contribution in [1.82, 2.24) is 0 Å². The number of allylic oxidation sites excluding steroid dienone is 3. The van der Waals surface area contributed by atoms with Gasteiger partial charge in [0.1, 0.15) is 5.78 Å². The molecule has 0 N–H and O–H groups in total. The Morgan fingerprint density at radius 2 is 1.29 bits per heavy atom. The van der Waals surface area contributed by atoms with Crippen LogP contribution < -0.4 is 0 Å². The van der Waals surface area contributed by atoms with E-state index in [0.29, 0.717) is 0 Å². The molecule has 180 valence electrons. The van der Waals surface area contributed by atoms with E-state index in [2.05, 4.69) is 0 Å². The number of nitrogens with zero attached hydrogens (tertiary/aromatic N) is 1. The highest BCUT2D eigenvalue weighted by Gasteiger charge is 2.49. The van der Waals surface area contributed by atoms with Crippen LogP contribution in [0.25, 0.3) is 0 Å². The number of benzene rings is 2. The molecule has 8 nitrogen and oxygen atoms in total. The Balaban J connectivity index is 2.20. The van der Waals surface area contributed by atoms with E-state index in [1.54, 1.807) is 38.1 Å². The van der Waals surface area contributed by atoms with Crippen LogP contribution in [0.4, 0.5) is 0 Å². The number of carbonyl (C=O) groups is 1. The van der Waals surface area contributed by atoms with Crippen LogP contribution in [-0.2, 0) is 24.5 Å². The minimum atomic E-state index is -4.13. The molecule has 2 aromatic rings. The summed E-state index contributed by atoms with van der Waals surface area (Å²) in [7, 11) is -8.26. The molecule has 0 saturated heterocycles. The van der Waals surface area contributed by atoms with E-state index in [9.17, 15) is 31.7 Å². The van der Waals surface area contributed by atoms with Gasteiger partial charge in [-0.2, -0.15) is 0 Å². The largest absolute Gasteiger partial charge is 0.299 e. The monoisotopic (exact) mass is 503 g/mol. The summed E-state index contributed by atoms with van der Waals surface area (Å²) in [5, 5.41) is 11.6. The van der Waals surface area contributed by atoms with Gasteiger partial charge < -0.3 is 0 Å². The van der Waals surface area contributed by atoms with Gasteiger partial charge in [0.05, 0.1) is 26.2 Å². The first-order valence-corrected chi connectivity index (χ1v) is 13.7. The Hall–Kier alpha value is -3.11. The molecule has 0 spiro atoms. The third kappa shape index (κ3) is 5.34. The number of nitro groups is 1. The van der Waals surface area contributed by atoms with Crippen LogP contribution in [-0.4, -0.2) is 39.0 Å². The second-order valence-corrected chi connectivity index (χ2v) is 12.6. The number of aryl methyl sites for hydroxylation is 2. The Morgan fingerprint density at radius 3 is 1.65 bits per heavy atom. The Bertz CT molecular complexity index is 1310. The molecule has 1 atom stereocenters. The van der Waals surface area contributed by atoms with Gasteiger partial charge in [-0.15, -0.1) is 0 Å². The number of Topliss-reactive ketones (excluding diaryl/α,β-unsaturated/α-hetero) is 1. The smallest absolute Gasteiger partial charge is 0.265 e. The second kappa shape index (κ2) is 9.27. The molecule has 1 aliphatic carbocycles. The minimum Gasteiger partial charge on any atom is -0.299 e. The van der Waals surface area contributed by atoms with Crippen molar-refractivity contribution in [2.45, 2.75) is 30.6 Å². The van der Waals surface area contributed by atoms with E-state index in [1.165, 1.54) is 37.3 Å². The first-order chi connectivity index (χ1) is 15.8. The lowest BCUT2D eigenvalue weighted by molar-refractivity contribution is -0.420. The number of sulfone groups is 2. The van der Waals surface area contributed by atoms with Gasteiger partial charge in [0.25, 0.3) is 5.70 Å². The standard InChI is InChI=1S/C24H25NO7S2/c1-17-4-9-21(10-5-17)33(29,30)15-24(14-20(25(27)28)8-13-23(24)19(3)26)16-34(31,32)22-11-6-18(2)7-12-22/h4-14,23H,15-16H2,1-3H3. The zero-order chi connectivity index (χ0) is 25.3. The molecule has 0 fully saturated rings. The summed E-state index contributed by atoms with van der Waals surface area (Å²) in [4.78, 5) is 23.3. The first-order valence-electron chi connectivity index (χ1n) is 10.4. The average molecular weight is 504 g/mol. The van der Waals surface area contributed by atoms with E-state index in [1.807, 2.05) is 0 Å². The van der Waals surface area contributed by atoms with Crippen LogP contribution in [0, 0.1) is 35.3 Å². The van der Waals surface area contributed by atoms with E-state index in [-0.39, 0.29) is 9.79 Å². The van der Waals surface area contributed by atoms with Gasteiger partial charge in [-0.25, -0.2) is 16.8 Å². The lowest BCUT2D eigenvalue weighted by atomic mass is 9.73. The molecular formula is C24H25NO7S2. The van der Waals surface area contributed by atoms with Crippen molar-refractivity contribution >= 4 is 25.5 Å². The van der Waals surface area contributed by atoms with E-state index < -0.39 is 58.9 Å². The normalized spacial score (nSPS) is 17.7. The highest BCUT2D eigenvalue weighted by Crippen LogP contribution is 2.41. The lowest BCUT2D eigenvalue weighted by Gasteiger charge is -2.36. The fourth-order valence-corrected chi connectivity index (χ4v) is 7.85. The predicted molar refractivity (Wildman–Crippen MR) is 127 cm³/mol. The van der Waals surface area contributed by atoms with Crippen LogP contribution in [0.2, 0.25) is 0 Å². The van der Waals surface area contributed by atoms with Crippen LogP contribution >= 0.6 is 0 Å². The van der Waals surface area contributed by atoms with Gasteiger partial charge >= 0.3 is 0 Å². The quantitative estimate of drug-likeness (QED) is 0.398. The number of rotatable bonds is 8. The number of carbonyl (C=O) groups excluding carboxylic acids is 1. The molecular weight excluding hydrogens is 478 g/mol. The number of ketones is 1. The van der Waals surface area contributed by atoms with Crippen molar-refractivity contribution in [1.29, 1.82) is 0 Å². The van der Waals surface area contributed by atoms with Gasteiger partial charge in [0, 0.05) is 23.5 Å². The third-order valence-corrected chi connectivity index (χ3v) is 9.66. The highest BCUT2D eigenvalue weighted by atomic mass is 32.2. The average Bonchev–Trinajstić information content (AvgIpc) is 2.73. The highest BCUT2D eigenvalue weighted by molar-refractivity contribution is 7.92. The van der Waals surface area contributed by atoms with Crippen molar-refractivity contribution in [3.63, 3.8) is 0 Å². The van der Waals surface area contributed by atoms with Gasteiger partial charge in [-0.3, -0.25) is 14.9 Å². The summed E-state index contributed by atoms with van der Waals surface area (Å²) in [6.07, 6.45) is 3.37. The molecule has 3 rings (SSSR count). The lowest BCUT2D eigenvalue weighted by Crippen LogP contribution is -2.45. The van der Waals surface area contributed by atoms with Crippen molar-refractivity contribution in [3.05, 3.63) is 93.7 Å². The molecule has 0 saturated carbocycles. The summed E-state index contributed by atoms with van der Waals surface area (Å²) < 4.78 is 53.6. The third-order valence-electron chi connectivity index (χ3n) is 5.84. The predicted octanol–water partition coefficient (Wildman–Crippen LogP) is 3.47. The molecule has 2 aromatic carbocycles. The van der Waals surface area contributed by atoms with Crippen molar-refractivity contribution < 1.29 is 26.6 Å². The SMILES string of the molecule is CC(=O)C1C=CC([N+](=O)[O-])=CC1(CS(=O)(=O)c1ccc(C)cc1)CS(=O)(=O)c1ccc(C)cc1. The van der Waals surface area contributed by atoms with Gasteiger partial charge in [0.15, 0.2) is 19.7 Å². The van der Waals surface area contributed by atoms with E-state index in [0.717, 1.165) is 23.3 Å². The van der Waals surface area contributed by atoms with E-state index >= 15 is 0 Å². The van der Waals surface area contributed by atoms with Crippen LogP contribution in [0.3, 0.4) is 0 Å². The fraction of sp³-hybridized carbons (Fsp3) is 0.292. The molecule has 0 amide bonds. The molecule has 0 aromatic heterocycles. The van der Waals surface area contributed by atoms with Crippen LogP contribution in [0.1, 0.15) is 18.1 Å². The second-order valence-electron chi connectivity index (χ2n) is 8.65. The first kappa shape index (κ1) is 25.5. The topological polar surface area (TPSA) is 128 Å². The zero-order valence-corrected chi connectivity index (χ0v) is 20.6. The number of hydrogen-bond acceptors (Lipinski definition) is 7. The van der Waals surface area contributed by atoms with Gasteiger partial charge in [-0.05, 0) is 45.0 Å². The molecule has 0 heterocycles. The van der Waals surface area contributed by atoms with Gasteiger partial charge in [0.2, 0.25) is 0 Å². The Morgan fingerprint density at radius 1 is 0.882 bits per heavy atom. The molecule has 10 heteroatoms. The zero-order valence-electron chi connectivity index (χ0n) is 19.0. The molecule has 34 heavy (non-hydrogen) atoms. The summed E-state index contributed by atoms with van der Waals surface area (Å²) >= 11 is 0. The molecule has 0 aliphatic heterocycles. The molecule has 1 aliphatic rings. The minimum absolute atomic E-state index is 0.0573. The molecule has 1 unspecified atom stereocenters. The molecule has 0 bridgehead atoms. The van der Waals surface area contributed by atoms with E-state index in [4.69, 9.17) is 0 Å². The summed E-state index contributed by atoms with van der Waals surface area (Å²) in [6, 6.07) is 12.0. The Kier molecular flexibility index (Phi) is 6.95.